The number of sulfonamides is 1. The summed E-state index contributed by atoms with van der Waals surface area (Å²) in [7, 11) is -0.602. The summed E-state index contributed by atoms with van der Waals surface area (Å²) in [6, 6.07) is 9.65. The molecule has 0 bridgehead atoms. The number of amides is 1. The van der Waals surface area contributed by atoms with Crippen molar-refractivity contribution in [3.05, 3.63) is 47.0 Å². The topological polar surface area (TPSA) is 92.3 Å². The number of nitrogens with one attached hydrogen (secondary N) is 1. The molecule has 0 unspecified atom stereocenters. The predicted octanol–water partition coefficient (Wildman–Crippen LogP) is 3.72. The van der Waals surface area contributed by atoms with Gasteiger partial charge in [0.2, 0.25) is 10.0 Å². The minimum absolute atomic E-state index is 0.136. The molecule has 10 heteroatoms. The minimum Gasteiger partial charge on any atom is -0.298 e. The monoisotopic (exact) mass is 432 g/mol. The van der Waals surface area contributed by atoms with E-state index in [4.69, 9.17) is 0 Å². The number of carbonyl (C=O) groups excluding carboxylic acids is 1. The number of aryl methyl sites for hydroxylation is 1. The fourth-order valence-corrected chi connectivity index (χ4v) is 5.60. The highest BCUT2D eigenvalue weighted by Crippen LogP contribution is 2.35. The van der Waals surface area contributed by atoms with E-state index >= 15 is 0 Å². The molecule has 1 N–H and O–H groups in total. The summed E-state index contributed by atoms with van der Waals surface area (Å²) in [5.41, 5.74) is 2.09. The van der Waals surface area contributed by atoms with Gasteiger partial charge in [-0.2, -0.15) is 0 Å². The molecule has 144 valence electrons. The Bertz CT molecular complexity index is 1310. The van der Waals surface area contributed by atoms with E-state index in [0.717, 1.165) is 29.7 Å². The number of fused-ring (bicyclic) bond motifs is 3. The van der Waals surface area contributed by atoms with E-state index in [-0.39, 0.29) is 10.8 Å². The molecule has 0 radical (unpaired) electrons. The maximum atomic E-state index is 12.5. The zero-order valence-corrected chi connectivity index (χ0v) is 17.7. The van der Waals surface area contributed by atoms with E-state index in [0.29, 0.717) is 10.7 Å². The van der Waals surface area contributed by atoms with Gasteiger partial charge in [0.15, 0.2) is 5.13 Å². The Morgan fingerprint density at radius 2 is 1.57 bits per heavy atom. The number of hydrogen-bond donors (Lipinski definition) is 1. The summed E-state index contributed by atoms with van der Waals surface area (Å²) in [6.45, 7) is 1.96. The van der Waals surface area contributed by atoms with Crippen LogP contribution in [0.25, 0.3) is 20.4 Å². The highest BCUT2D eigenvalue weighted by Gasteiger charge is 2.18. The summed E-state index contributed by atoms with van der Waals surface area (Å²) in [6.07, 6.45) is 0. The Morgan fingerprint density at radius 3 is 2.21 bits per heavy atom. The molecule has 0 saturated carbocycles. The van der Waals surface area contributed by atoms with Crippen LogP contribution in [0.5, 0.6) is 0 Å². The lowest BCUT2D eigenvalue weighted by atomic mass is 10.2. The fourth-order valence-electron chi connectivity index (χ4n) is 2.70. The van der Waals surface area contributed by atoms with Crippen molar-refractivity contribution < 1.29 is 13.2 Å². The summed E-state index contributed by atoms with van der Waals surface area (Å²) in [5.74, 6) is -0.343. The fraction of sp³-hybridized carbons (Fsp3) is 0.167. The maximum Gasteiger partial charge on any atom is 0.257 e. The first-order valence-electron chi connectivity index (χ1n) is 8.26. The summed E-state index contributed by atoms with van der Waals surface area (Å²) in [5, 5.41) is 4.26. The van der Waals surface area contributed by atoms with Gasteiger partial charge in [0.25, 0.3) is 5.91 Å². The summed E-state index contributed by atoms with van der Waals surface area (Å²) in [4.78, 5) is 21.6. The molecule has 0 saturated heterocycles. The number of anilines is 1. The maximum absolute atomic E-state index is 12.5. The molecule has 0 fully saturated rings. The Morgan fingerprint density at radius 1 is 0.964 bits per heavy atom. The van der Waals surface area contributed by atoms with Crippen LogP contribution in [0.4, 0.5) is 5.13 Å². The average molecular weight is 433 g/mol. The van der Waals surface area contributed by atoms with Crippen molar-refractivity contribution in [3.63, 3.8) is 0 Å². The molecule has 0 atom stereocenters. The molecule has 0 aliphatic carbocycles. The van der Waals surface area contributed by atoms with Crippen LogP contribution < -0.4 is 5.32 Å². The number of carbonyl (C=O) groups is 1. The van der Waals surface area contributed by atoms with Crippen molar-refractivity contribution in [2.45, 2.75) is 11.8 Å². The highest BCUT2D eigenvalue weighted by atomic mass is 32.2. The zero-order valence-electron chi connectivity index (χ0n) is 15.3. The number of hydrogen-bond acceptors (Lipinski definition) is 7. The van der Waals surface area contributed by atoms with Gasteiger partial charge >= 0.3 is 0 Å². The molecule has 0 spiro atoms. The molecule has 0 aliphatic rings. The van der Waals surface area contributed by atoms with Gasteiger partial charge in [-0.05, 0) is 43.3 Å². The molecule has 2 aromatic heterocycles. The largest absolute Gasteiger partial charge is 0.298 e. The lowest BCUT2D eigenvalue weighted by Gasteiger charge is -2.11. The third-order valence-electron chi connectivity index (χ3n) is 4.13. The number of thiazole rings is 2. The van der Waals surface area contributed by atoms with E-state index < -0.39 is 10.0 Å². The van der Waals surface area contributed by atoms with Crippen molar-refractivity contribution in [3.8, 4) is 0 Å². The van der Waals surface area contributed by atoms with E-state index in [1.807, 2.05) is 19.1 Å². The quantitative estimate of drug-likeness (QED) is 0.531. The van der Waals surface area contributed by atoms with E-state index in [9.17, 15) is 13.2 Å². The molecule has 7 nitrogen and oxygen atoms in total. The first-order chi connectivity index (χ1) is 13.3. The lowest BCUT2D eigenvalue weighted by Crippen LogP contribution is -2.22. The highest BCUT2D eigenvalue weighted by molar-refractivity contribution is 7.89. The third-order valence-corrected chi connectivity index (χ3v) is 8.10. The smallest absolute Gasteiger partial charge is 0.257 e. The third kappa shape index (κ3) is 3.28. The van der Waals surface area contributed by atoms with Crippen LogP contribution in [0.1, 0.15) is 15.4 Å². The molecular weight excluding hydrogens is 416 g/mol. The second-order valence-electron chi connectivity index (χ2n) is 6.28. The van der Waals surface area contributed by atoms with Crippen molar-refractivity contribution in [1.29, 1.82) is 0 Å². The van der Waals surface area contributed by atoms with E-state index in [1.54, 1.807) is 11.3 Å². The van der Waals surface area contributed by atoms with Gasteiger partial charge in [0.1, 0.15) is 0 Å². The normalized spacial score (nSPS) is 12.1. The van der Waals surface area contributed by atoms with Crippen LogP contribution in [0.3, 0.4) is 0 Å². The van der Waals surface area contributed by atoms with Crippen molar-refractivity contribution in [2.24, 2.45) is 0 Å². The Hall–Kier alpha value is -2.40. The summed E-state index contributed by atoms with van der Waals surface area (Å²) < 4.78 is 27.4. The predicted molar refractivity (Wildman–Crippen MR) is 113 cm³/mol. The number of benzene rings is 2. The van der Waals surface area contributed by atoms with Gasteiger partial charge in [-0.25, -0.2) is 22.7 Å². The van der Waals surface area contributed by atoms with Crippen molar-refractivity contribution in [1.82, 2.24) is 14.3 Å². The van der Waals surface area contributed by atoms with E-state index in [1.165, 1.54) is 49.7 Å². The molecule has 2 aromatic carbocycles. The van der Waals surface area contributed by atoms with Crippen LogP contribution in [-0.2, 0) is 10.0 Å². The van der Waals surface area contributed by atoms with Crippen LogP contribution >= 0.6 is 22.7 Å². The lowest BCUT2D eigenvalue weighted by molar-refractivity contribution is 0.102. The molecular formula is C18H16N4O3S3. The van der Waals surface area contributed by atoms with Gasteiger partial charge in [-0.1, -0.05) is 11.3 Å². The Balaban J connectivity index is 1.60. The van der Waals surface area contributed by atoms with Crippen molar-refractivity contribution >= 4 is 64.2 Å². The number of aromatic nitrogens is 2. The second-order valence-corrected chi connectivity index (χ2v) is 10.6. The molecule has 0 aliphatic heterocycles. The first kappa shape index (κ1) is 18.9. The van der Waals surface area contributed by atoms with Gasteiger partial charge < -0.3 is 0 Å². The zero-order chi connectivity index (χ0) is 20.1. The molecule has 2 heterocycles. The van der Waals surface area contributed by atoms with Crippen LogP contribution in [0.15, 0.2) is 41.3 Å². The molecule has 4 aromatic rings. The SMILES string of the molecule is Cc1nc2ccc3nc(NC(=O)c4ccc(S(=O)(=O)N(C)C)cc4)sc3c2s1. The Labute approximate surface area is 169 Å². The van der Waals surface area contributed by atoms with E-state index in [2.05, 4.69) is 15.3 Å². The summed E-state index contributed by atoms with van der Waals surface area (Å²) >= 11 is 3.00. The van der Waals surface area contributed by atoms with Gasteiger partial charge in [0.05, 0.1) is 30.3 Å². The second kappa shape index (κ2) is 6.89. The molecule has 28 heavy (non-hydrogen) atoms. The van der Waals surface area contributed by atoms with Crippen LogP contribution in [0, 0.1) is 6.92 Å². The average Bonchev–Trinajstić information content (AvgIpc) is 3.23. The first-order valence-corrected chi connectivity index (χ1v) is 11.3. The van der Waals surface area contributed by atoms with Crippen LogP contribution in [-0.4, -0.2) is 42.7 Å². The molecule has 4 rings (SSSR count). The standard InChI is InChI=1S/C18H16N4O3S3/c1-10-19-13-8-9-14-16(15(13)26-10)27-18(20-14)21-17(23)11-4-6-12(7-5-11)28(24,25)22(2)3/h4-9H,1-3H3,(H,20,21,23). The number of rotatable bonds is 4. The van der Waals surface area contributed by atoms with Gasteiger partial charge in [-0.3, -0.25) is 10.1 Å². The molecule has 1 amide bonds. The van der Waals surface area contributed by atoms with Gasteiger partial charge in [0, 0.05) is 19.7 Å². The number of nitrogens with zero attached hydrogens (tertiary/aromatic N) is 3. The van der Waals surface area contributed by atoms with Crippen LogP contribution in [0.2, 0.25) is 0 Å². The van der Waals surface area contributed by atoms with Crippen molar-refractivity contribution in [2.75, 3.05) is 19.4 Å². The minimum atomic E-state index is -3.53. The van der Waals surface area contributed by atoms with Gasteiger partial charge in [-0.15, -0.1) is 11.3 Å². The Kier molecular flexibility index (Phi) is 4.66.